The fourth-order valence-corrected chi connectivity index (χ4v) is 1.41. The zero-order valence-corrected chi connectivity index (χ0v) is 22.1. The van der Waals surface area contributed by atoms with E-state index in [0.717, 1.165) is 25.7 Å². The van der Waals surface area contributed by atoms with E-state index in [0.29, 0.717) is 0 Å². The highest BCUT2D eigenvalue weighted by atomic mass is 13.8. The van der Waals surface area contributed by atoms with Crippen molar-refractivity contribution in [2.45, 2.75) is 133 Å². The molecule has 0 atom stereocenters. The SMILES string of the molecule is CC#CC.CC#CCC.CC#CCCC.CC#CCCCC.CC#CCCCCC. The summed E-state index contributed by atoms with van der Waals surface area (Å²) in [6.07, 6.45) is 11.8. The van der Waals surface area contributed by atoms with Crippen molar-refractivity contribution in [1.82, 2.24) is 0 Å². The number of hydrogen-bond donors (Lipinski definition) is 0. The molecule has 0 aromatic rings. The van der Waals surface area contributed by atoms with Crippen LogP contribution in [-0.4, -0.2) is 0 Å². The maximum Gasteiger partial charge on any atom is 0.00885 e. The Labute approximate surface area is 192 Å². The smallest absolute Gasteiger partial charge is 0.00885 e. The first-order valence-electron chi connectivity index (χ1n) is 11.5. The summed E-state index contributed by atoms with van der Waals surface area (Å²) in [5.74, 6) is 28.5. The van der Waals surface area contributed by atoms with Crippen molar-refractivity contribution >= 4 is 0 Å². The topological polar surface area (TPSA) is 0 Å². The van der Waals surface area contributed by atoms with Crippen LogP contribution in [0.5, 0.6) is 0 Å². The predicted octanol–water partition coefficient (Wildman–Crippen LogP) is 9.05. The average Bonchev–Trinajstić information content (AvgIpc) is 2.78. The second kappa shape index (κ2) is 56.3. The van der Waals surface area contributed by atoms with Crippen LogP contribution in [0.1, 0.15) is 133 Å². The van der Waals surface area contributed by atoms with Crippen LogP contribution in [0.15, 0.2) is 0 Å². The van der Waals surface area contributed by atoms with E-state index in [-0.39, 0.29) is 0 Å². The highest BCUT2D eigenvalue weighted by Crippen LogP contribution is 1.96. The Kier molecular flexibility index (Phi) is 72.1. The lowest BCUT2D eigenvalue weighted by Gasteiger charge is -1.86. The second-order valence-corrected chi connectivity index (χ2v) is 5.87. The van der Waals surface area contributed by atoms with Crippen LogP contribution in [0, 0.1) is 59.2 Å². The molecule has 0 aliphatic rings. The molecule has 0 radical (unpaired) electrons. The molecule has 170 valence electrons. The first-order valence-corrected chi connectivity index (χ1v) is 11.5. The van der Waals surface area contributed by atoms with Gasteiger partial charge in [-0.1, -0.05) is 47.0 Å². The molecule has 0 fully saturated rings. The van der Waals surface area contributed by atoms with E-state index in [1.165, 1.54) is 38.5 Å². The molecule has 0 aromatic carbocycles. The number of hydrogen-bond acceptors (Lipinski definition) is 0. The molecule has 0 spiro atoms. The Morgan fingerprint density at radius 2 is 0.767 bits per heavy atom. The van der Waals surface area contributed by atoms with Crippen molar-refractivity contribution < 1.29 is 0 Å². The van der Waals surface area contributed by atoms with Gasteiger partial charge in [-0.3, -0.25) is 0 Å². The van der Waals surface area contributed by atoms with E-state index in [9.17, 15) is 0 Å². The minimum Gasteiger partial charge on any atom is -0.107 e. The van der Waals surface area contributed by atoms with Gasteiger partial charge in [0.25, 0.3) is 0 Å². The van der Waals surface area contributed by atoms with Crippen LogP contribution in [0.3, 0.4) is 0 Å². The van der Waals surface area contributed by atoms with Gasteiger partial charge in [0.05, 0.1) is 0 Å². The average molecular weight is 411 g/mol. The normalized spacial score (nSPS) is 6.33. The van der Waals surface area contributed by atoms with Gasteiger partial charge in [-0.15, -0.1) is 59.2 Å². The van der Waals surface area contributed by atoms with Crippen molar-refractivity contribution in [3.63, 3.8) is 0 Å². The Balaban J connectivity index is -0.0000000886. The molecule has 0 unspecified atom stereocenters. The lowest BCUT2D eigenvalue weighted by atomic mass is 10.2. The molecule has 0 aliphatic carbocycles. The van der Waals surface area contributed by atoms with Gasteiger partial charge in [-0.05, 0) is 60.8 Å². The van der Waals surface area contributed by atoms with Crippen molar-refractivity contribution in [2.75, 3.05) is 0 Å². The molecule has 0 saturated heterocycles. The summed E-state index contributed by atoms with van der Waals surface area (Å²) in [6, 6.07) is 0. The summed E-state index contributed by atoms with van der Waals surface area (Å²) >= 11 is 0. The third kappa shape index (κ3) is 96.9. The van der Waals surface area contributed by atoms with E-state index < -0.39 is 0 Å². The van der Waals surface area contributed by atoms with E-state index in [2.05, 4.69) is 80.0 Å². The quantitative estimate of drug-likeness (QED) is 0.302. The van der Waals surface area contributed by atoms with Crippen molar-refractivity contribution in [3.05, 3.63) is 0 Å². The summed E-state index contributed by atoms with van der Waals surface area (Å²) in [5, 5.41) is 0. The fraction of sp³-hybridized carbons (Fsp3) is 0.667. The third-order valence-electron chi connectivity index (χ3n) is 3.07. The zero-order chi connectivity index (χ0) is 24.1. The molecule has 0 heterocycles. The standard InChI is InChI=1S/C8H14.C7H12.C6H10.C5H8.C4H6/c1-3-5-7-8-6-4-2;1-3-5-7-6-4-2;1-3-5-6-4-2;1-3-5-4-2;1-3-4-2/h3,5,7-8H2,1-2H3;3,5,7H2,1-2H3;3,5H2,1-2H3;3H2,1-2H3;1-2H3. The van der Waals surface area contributed by atoms with Gasteiger partial charge in [0.2, 0.25) is 0 Å². The molecule has 0 aliphatic heterocycles. The first kappa shape index (κ1) is 38.4. The van der Waals surface area contributed by atoms with Crippen LogP contribution < -0.4 is 0 Å². The molecule has 0 N–H and O–H groups in total. The lowest BCUT2D eigenvalue weighted by Crippen LogP contribution is -1.69. The van der Waals surface area contributed by atoms with Gasteiger partial charge >= 0.3 is 0 Å². The second-order valence-electron chi connectivity index (χ2n) is 5.87. The third-order valence-corrected chi connectivity index (χ3v) is 3.07. The maximum atomic E-state index is 3.03. The first-order chi connectivity index (χ1) is 14.6. The van der Waals surface area contributed by atoms with E-state index in [1.54, 1.807) is 0 Å². The Hall–Kier alpha value is -2.20. The monoisotopic (exact) mass is 410 g/mol. The summed E-state index contributed by atoms with van der Waals surface area (Å²) in [5.41, 5.74) is 0. The Morgan fingerprint density at radius 3 is 1.00 bits per heavy atom. The minimum absolute atomic E-state index is 0.983. The molecule has 0 aromatic heterocycles. The van der Waals surface area contributed by atoms with Crippen LogP contribution in [0.4, 0.5) is 0 Å². The van der Waals surface area contributed by atoms with Crippen molar-refractivity contribution in [2.24, 2.45) is 0 Å². The molecular formula is C30H50. The molecule has 0 heteroatoms. The molecular weight excluding hydrogens is 360 g/mol. The fourth-order valence-electron chi connectivity index (χ4n) is 1.41. The molecule has 0 saturated carbocycles. The van der Waals surface area contributed by atoms with Crippen LogP contribution in [0.25, 0.3) is 0 Å². The van der Waals surface area contributed by atoms with Crippen LogP contribution >= 0.6 is 0 Å². The summed E-state index contributed by atoms with van der Waals surface area (Å²) < 4.78 is 0. The predicted molar refractivity (Wildman–Crippen MR) is 142 cm³/mol. The van der Waals surface area contributed by atoms with Gasteiger partial charge in [-0.2, -0.15) is 0 Å². The van der Waals surface area contributed by atoms with Gasteiger partial charge in [0, 0.05) is 25.7 Å². The van der Waals surface area contributed by atoms with Crippen LogP contribution in [-0.2, 0) is 0 Å². The highest BCUT2D eigenvalue weighted by molar-refractivity contribution is 4.95. The summed E-state index contributed by atoms with van der Waals surface area (Å²) in [4.78, 5) is 0. The van der Waals surface area contributed by atoms with E-state index in [1.807, 2.05) is 48.5 Å². The number of rotatable bonds is 6. The van der Waals surface area contributed by atoms with E-state index in [4.69, 9.17) is 0 Å². The molecule has 0 rings (SSSR count). The Bertz CT molecular complexity index is 559. The molecule has 0 amide bonds. The van der Waals surface area contributed by atoms with E-state index >= 15 is 0 Å². The Morgan fingerprint density at radius 1 is 0.367 bits per heavy atom. The molecule has 0 nitrogen and oxygen atoms in total. The van der Waals surface area contributed by atoms with Crippen molar-refractivity contribution in [1.29, 1.82) is 0 Å². The van der Waals surface area contributed by atoms with Gasteiger partial charge in [0.15, 0.2) is 0 Å². The summed E-state index contributed by atoms with van der Waals surface area (Å²) in [7, 11) is 0. The summed E-state index contributed by atoms with van der Waals surface area (Å²) in [6.45, 7) is 19.7. The van der Waals surface area contributed by atoms with Gasteiger partial charge in [-0.25, -0.2) is 0 Å². The van der Waals surface area contributed by atoms with Gasteiger partial charge in [0.1, 0.15) is 0 Å². The highest BCUT2D eigenvalue weighted by Gasteiger charge is 1.78. The van der Waals surface area contributed by atoms with Crippen LogP contribution in [0.2, 0.25) is 0 Å². The zero-order valence-electron chi connectivity index (χ0n) is 22.1. The van der Waals surface area contributed by atoms with Crippen molar-refractivity contribution in [3.8, 4) is 59.2 Å². The largest absolute Gasteiger partial charge is 0.107 e. The lowest BCUT2D eigenvalue weighted by molar-refractivity contribution is 0.737. The molecule has 0 bridgehead atoms. The maximum absolute atomic E-state index is 3.03. The minimum atomic E-state index is 0.983. The number of unbranched alkanes of at least 4 members (excludes halogenated alkanes) is 6. The molecule has 30 heavy (non-hydrogen) atoms. The van der Waals surface area contributed by atoms with Gasteiger partial charge < -0.3 is 0 Å².